The molecule has 4 nitrogen and oxygen atoms in total. The van der Waals surface area contributed by atoms with Crippen molar-refractivity contribution >= 4 is 22.5 Å². The highest BCUT2D eigenvalue weighted by Gasteiger charge is 2.15. The first-order valence-electron chi connectivity index (χ1n) is 6.23. The van der Waals surface area contributed by atoms with Gasteiger partial charge >= 0.3 is 0 Å². The van der Waals surface area contributed by atoms with E-state index < -0.39 is 0 Å². The van der Waals surface area contributed by atoms with Crippen molar-refractivity contribution in [2.45, 2.75) is 32.7 Å². The smallest absolute Gasteiger partial charge is 0.269 e. The van der Waals surface area contributed by atoms with Crippen LogP contribution in [0.15, 0.2) is 23.1 Å². The Morgan fingerprint density at radius 1 is 1.42 bits per heavy atom. The number of aromatic nitrogens is 2. The first-order chi connectivity index (χ1) is 9.12. The van der Waals surface area contributed by atoms with Crippen molar-refractivity contribution in [3.8, 4) is 6.07 Å². The Bertz CT molecular complexity index is 711. The van der Waals surface area contributed by atoms with Crippen LogP contribution in [-0.2, 0) is 0 Å². The van der Waals surface area contributed by atoms with Gasteiger partial charge in [0.15, 0.2) is 0 Å². The third-order valence-corrected chi connectivity index (χ3v) is 3.52. The molecule has 0 aliphatic heterocycles. The Morgan fingerprint density at radius 2 is 2.11 bits per heavy atom. The highest BCUT2D eigenvalue weighted by molar-refractivity contribution is 6.30. The van der Waals surface area contributed by atoms with Crippen LogP contribution in [0.4, 0.5) is 0 Å². The van der Waals surface area contributed by atoms with Crippen molar-refractivity contribution in [3.63, 3.8) is 0 Å². The van der Waals surface area contributed by atoms with Crippen LogP contribution in [-0.4, -0.2) is 9.55 Å². The molecule has 0 N–H and O–H groups in total. The lowest BCUT2D eigenvalue weighted by molar-refractivity contribution is 0.472. The number of nitriles is 1. The number of nitrogens with zero attached hydrogens (tertiary/aromatic N) is 3. The molecule has 0 aliphatic rings. The maximum absolute atomic E-state index is 12.4. The second-order valence-electron chi connectivity index (χ2n) is 4.38. The Kier molecular flexibility index (Phi) is 3.87. The van der Waals surface area contributed by atoms with Crippen molar-refractivity contribution in [3.05, 3.63) is 39.4 Å². The van der Waals surface area contributed by atoms with E-state index in [0.29, 0.717) is 5.15 Å². The number of hydrogen-bond acceptors (Lipinski definition) is 3. The average Bonchev–Trinajstić information content (AvgIpc) is 2.42. The Balaban J connectivity index is 2.91. The van der Waals surface area contributed by atoms with Crippen LogP contribution in [0.5, 0.6) is 0 Å². The van der Waals surface area contributed by atoms with Gasteiger partial charge in [-0.15, -0.1) is 0 Å². The highest BCUT2D eigenvalue weighted by Crippen LogP contribution is 2.22. The average molecular weight is 276 g/mol. The van der Waals surface area contributed by atoms with Gasteiger partial charge in [-0.25, -0.2) is 4.98 Å². The number of halogens is 1. The lowest BCUT2D eigenvalue weighted by Crippen LogP contribution is -2.26. The molecule has 98 valence electrons. The number of pyridine rings is 2. The van der Waals surface area contributed by atoms with Crippen LogP contribution in [0.1, 0.15) is 38.3 Å². The van der Waals surface area contributed by atoms with Gasteiger partial charge in [0.05, 0.1) is 5.52 Å². The van der Waals surface area contributed by atoms with Crippen molar-refractivity contribution in [1.29, 1.82) is 5.26 Å². The summed E-state index contributed by atoms with van der Waals surface area (Å²) in [5.41, 5.74) is 0.618. The van der Waals surface area contributed by atoms with Crippen molar-refractivity contribution in [2.24, 2.45) is 0 Å². The van der Waals surface area contributed by atoms with E-state index in [1.807, 2.05) is 19.9 Å². The third-order valence-electron chi connectivity index (χ3n) is 3.32. The quantitative estimate of drug-likeness (QED) is 0.808. The molecule has 0 unspecified atom stereocenters. The summed E-state index contributed by atoms with van der Waals surface area (Å²) in [5, 5.41) is 10.2. The molecule has 0 fully saturated rings. The van der Waals surface area contributed by atoms with Gasteiger partial charge in [-0.1, -0.05) is 25.4 Å². The summed E-state index contributed by atoms with van der Waals surface area (Å²) in [5.74, 6) is 0. The fraction of sp³-hybridized carbons (Fsp3) is 0.357. The summed E-state index contributed by atoms with van der Waals surface area (Å²) >= 11 is 5.92. The summed E-state index contributed by atoms with van der Waals surface area (Å²) in [6.07, 6.45) is 3.23. The van der Waals surface area contributed by atoms with Crippen LogP contribution < -0.4 is 5.56 Å². The molecular weight excluding hydrogens is 262 g/mol. The van der Waals surface area contributed by atoms with Crippen LogP contribution in [0, 0.1) is 11.3 Å². The second-order valence-corrected chi connectivity index (χ2v) is 4.77. The minimum atomic E-state index is -0.258. The van der Waals surface area contributed by atoms with E-state index in [1.54, 1.807) is 22.9 Å². The number of fused-ring (bicyclic) bond motifs is 1. The molecule has 0 radical (unpaired) electrons. The summed E-state index contributed by atoms with van der Waals surface area (Å²) in [4.78, 5) is 16.4. The fourth-order valence-corrected chi connectivity index (χ4v) is 2.46. The summed E-state index contributed by atoms with van der Waals surface area (Å²) in [7, 11) is 0. The SMILES string of the molecule is CCC(CC)n1c(=O)c(C#N)cc2cnc(Cl)cc21. The maximum atomic E-state index is 12.4. The molecule has 2 rings (SSSR count). The van der Waals surface area contributed by atoms with Crippen molar-refractivity contribution < 1.29 is 0 Å². The molecule has 0 bridgehead atoms. The molecule has 19 heavy (non-hydrogen) atoms. The number of hydrogen-bond donors (Lipinski definition) is 0. The van der Waals surface area contributed by atoms with Gasteiger partial charge in [-0.2, -0.15) is 5.26 Å². The van der Waals surface area contributed by atoms with Crippen LogP contribution in [0.25, 0.3) is 10.9 Å². The summed E-state index contributed by atoms with van der Waals surface area (Å²) < 4.78 is 1.67. The van der Waals surface area contributed by atoms with Gasteiger partial charge in [0.25, 0.3) is 5.56 Å². The minimum absolute atomic E-state index is 0.0572. The van der Waals surface area contributed by atoms with E-state index in [1.165, 1.54) is 0 Å². The molecule has 0 amide bonds. The standard InChI is InChI=1S/C14H14ClN3O/c1-3-11(4-2)18-12-6-13(15)17-8-10(12)5-9(7-16)14(18)19/h5-6,8,11H,3-4H2,1-2H3. The van der Waals surface area contributed by atoms with Gasteiger partial charge in [0, 0.05) is 17.6 Å². The Morgan fingerprint density at radius 3 is 2.68 bits per heavy atom. The monoisotopic (exact) mass is 275 g/mol. The molecule has 2 heterocycles. The van der Waals surface area contributed by atoms with E-state index in [2.05, 4.69) is 4.98 Å². The lowest BCUT2D eigenvalue weighted by atomic mass is 10.1. The van der Waals surface area contributed by atoms with E-state index in [9.17, 15) is 4.79 Å². The minimum Gasteiger partial charge on any atom is -0.304 e. The molecular formula is C14H14ClN3O. The zero-order valence-corrected chi connectivity index (χ0v) is 11.6. The predicted octanol–water partition coefficient (Wildman–Crippen LogP) is 3.28. The molecule has 0 aromatic carbocycles. The largest absolute Gasteiger partial charge is 0.304 e. The molecule has 0 aliphatic carbocycles. The van der Waals surface area contributed by atoms with Gasteiger partial charge in [0.2, 0.25) is 0 Å². The van der Waals surface area contributed by atoms with Gasteiger partial charge < -0.3 is 4.57 Å². The third kappa shape index (κ3) is 2.34. The molecule has 2 aromatic heterocycles. The highest BCUT2D eigenvalue weighted by atomic mass is 35.5. The molecule has 0 spiro atoms. The number of rotatable bonds is 3. The zero-order chi connectivity index (χ0) is 14.0. The zero-order valence-electron chi connectivity index (χ0n) is 10.9. The van der Waals surface area contributed by atoms with E-state index in [-0.39, 0.29) is 17.2 Å². The Hall–Kier alpha value is -1.86. The van der Waals surface area contributed by atoms with Crippen LogP contribution >= 0.6 is 11.6 Å². The van der Waals surface area contributed by atoms with E-state index >= 15 is 0 Å². The second kappa shape index (κ2) is 5.41. The summed E-state index contributed by atoms with van der Waals surface area (Å²) in [6.45, 7) is 4.04. The maximum Gasteiger partial charge on any atom is 0.269 e. The van der Waals surface area contributed by atoms with Crippen molar-refractivity contribution in [1.82, 2.24) is 9.55 Å². The first kappa shape index (κ1) is 13.6. The normalized spacial score (nSPS) is 10.9. The molecule has 2 aromatic rings. The van der Waals surface area contributed by atoms with Gasteiger partial charge in [-0.05, 0) is 25.0 Å². The van der Waals surface area contributed by atoms with Gasteiger partial charge in [-0.3, -0.25) is 4.79 Å². The molecule has 5 heteroatoms. The van der Waals surface area contributed by atoms with E-state index in [0.717, 1.165) is 23.7 Å². The topological polar surface area (TPSA) is 58.7 Å². The first-order valence-corrected chi connectivity index (χ1v) is 6.61. The predicted molar refractivity (Wildman–Crippen MR) is 75.3 cm³/mol. The summed E-state index contributed by atoms with van der Waals surface area (Å²) in [6, 6.07) is 5.26. The van der Waals surface area contributed by atoms with Crippen LogP contribution in [0.2, 0.25) is 5.15 Å². The lowest BCUT2D eigenvalue weighted by Gasteiger charge is -2.19. The van der Waals surface area contributed by atoms with Crippen molar-refractivity contribution in [2.75, 3.05) is 0 Å². The van der Waals surface area contributed by atoms with E-state index in [4.69, 9.17) is 16.9 Å². The Labute approximate surface area is 116 Å². The van der Waals surface area contributed by atoms with Crippen LogP contribution in [0.3, 0.4) is 0 Å². The fourth-order valence-electron chi connectivity index (χ4n) is 2.30. The molecule has 0 saturated carbocycles. The molecule has 0 saturated heterocycles. The molecule has 0 atom stereocenters. The van der Waals surface area contributed by atoms with Gasteiger partial charge in [0.1, 0.15) is 16.8 Å².